The van der Waals surface area contributed by atoms with Crippen LogP contribution in [0.25, 0.3) is 0 Å². The van der Waals surface area contributed by atoms with E-state index >= 15 is 0 Å². The standard InChI is InChI=1S/C5H7N3OS/c1-4(9)6-2-5-3-7-8-10-5/h3H,2H2,1H3,(H,6,9). The topological polar surface area (TPSA) is 54.9 Å². The molecule has 1 heterocycles. The third-order valence-corrected chi connectivity index (χ3v) is 1.58. The maximum Gasteiger partial charge on any atom is 0.217 e. The molecule has 0 aromatic carbocycles. The van der Waals surface area contributed by atoms with Crippen LogP contribution in [0.5, 0.6) is 0 Å². The van der Waals surface area contributed by atoms with Crippen LogP contribution in [0.4, 0.5) is 0 Å². The lowest BCUT2D eigenvalue weighted by Crippen LogP contribution is -2.18. The molecule has 0 aliphatic heterocycles. The van der Waals surface area contributed by atoms with Gasteiger partial charge in [0.2, 0.25) is 5.91 Å². The number of aromatic nitrogens is 2. The molecule has 0 fully saturated rings. The van der Waals surface area contributed by atoms with Crippen LogP contribution in [-0.2, 0) is 11.3 Å². The van der Waals surface area contributed by atoms with Gasteiger partial charge in [-0.15, -0.1) is 5.10 Å². The summed E-state index contributed by atoms with van der Waals surface area (Å²) >= 11 is 1.29. The van der Waals surface area contributed by atoms with Crippen molar-refractivity contribution in [3.8, 4) is 0 Å². The van der Waals surface area contributed by atoms with Crippen molar-refractivity contribution >= 4 is 17.4 Å². The Balaban J connectivity index is 2.35. The van der Waals surface area contributed by atoms with Crippen molar-refractivity contribution in [2.45, 2.75) is 13.5 Å². The average molecular weight is 157 g/mol. The summed E-state index contributed by atoms with van der Waals surface area (Å²) in [6, 6.07) is 0. The lowest BCUT2D eigenvalue weighted by atomic mass is 10.5. The van der Waals surface area contributed by atoms with E-state index in [2.05, 4.69) is 14.9 Å². The molecule has 0 unspecified atom stereocenters. The normalized spacial score (nSPS) is 9.30. The number of carbonyl (C=O) groups is 1. The van der Waals surface area contributed by atoms with Crippen LogP contribution >= 0.6 is 11.5 Å². The van der Waals surface area contributed by atoms with Gasteiger partial charge in [0, 0.05) is 6.92 Å². The number of nitrogens with one attached hydrogen (secondary N) is 1. The zero-order valence-corrected chi connectivity index (χ0v) is 6.31. The number of hydrogen-bond donors (Lipinski definition) is 1. The Morgan fingerprint density at radius 3 is 3.20 bits per heavy atom. The summed E-state index contributed by atoms with van der Waals surface area (Å²) in [5.41, 5.74) is 0. The second kappa shape index (κ2) is 3.26. The van der Waals surface area contributed by atoms with Gasteiger partial charge in [0.25, 0.3) is 0 Å². The van der Waals surface area contributed by atoms with Gasteiger partial charge in [-0.3, -0.25) is 4.79 Å². The van der Waals surface area contributed by atoms with Crippen LogP contribution in [0.3, 0.4) is 0 Å². The van der Waals surface area contributed by atoms with E-state index in [0.29, 0.717) is 6.54 Å². The number of carbonyl (C=O) groups excluding carboxylic acids is 1. The maximum absolute atomic E-state index is 10.4. The fraction of sp³-hybridized carbons (Fsp3) is 0.400. The molecule has 1 aromatic rings. The zero-order valence-electron chi connectivity index (χ0n) is 5.50. The molecule has 4 nitrogen and oxygen atoms in total. The van der Waals surface area contributed by atoms with Crippen molar-refractivity contribution in [3.05, 3.63) is 11.1 Å². The lowest BCUT2D eigenvalue weighted by Gasteiger charge is -1.94. The Labute approximate surface area is 62.4 Å². The second-order valence-corrected chi connectivity index (χ2v) is 2.66. The molecule has 1 amide bonds. The molecular weight excluding hydrogens is 150 g/mol. The van der Waals surface area contributed by atoms with Crippen molar-refractivity contribution in [2.75, 3.05) is 0 Å². The van der Waals surface area contributed by atoms with Gasteiger partial charge in [-0.1, -0.05) is 4.49 Å². The zero-order chi connectivity index (χ0) is 7.40. The first-order valence-corrected chi connectivity index (χ1v) is 3.57. The van der Waals surface area contributed by atoms with E-state index in [0.717, 1.165) is 4.88 Å². The van der Waals surface area contributed by atoms with Gasteiger partial charge in [0.15, 0.2) is 0 Å². The molecule has 10 heavy (non-hydrogen) atoms. The van der Waals surface area contributed by atoms with Crippen LogP contribution in [0, 0.1) is 0 Å². The molecule has 0 aliphatic carbocycles. The van der Waals surface area contributed by atoms with Crippen LogP contribution in [0.1, 0.15) is 11.8 Å². The van der Waals surface area contributed by atoms with Gasteiger partial charge in [0.1, 0.15) is 0 Å². The third kappa shape index (κ3) is 2.10. The molecule has 0 atom stereocenters. The summed E-state index contributed by atoms with van der Waals surface area (Å²) in [4.78, 5) is 11.4. The molecule has 0 saturated carbocycles. The second-order valence-electron chi connectivity index (χ2n) is 1.79. The molecule has 0 aliphatic rings. The lowest BCUT2D eigenvalue weighted by molar-refractivity contribution is -0.119. The van der Waals surface area contributed by atoms with Crippen molar-refractivity contribution in [1.82, 2.24) is 14.9 Å². The molecule has 5 heteroatoms. The first-order chi connectivity index (χ1) is 4.79. The molecule has 0 saturated heterocycles. The van der Waals surface area contributed by atoms with Crippen molar-refractivity contribution in [2.24, 2.45) is 0 Å². The fourth-order valence-electron chi connectivity index (χ4n) is 0.477. The summed E-state index contributed by atoms with van der Waals surface area (Å²) < 4.78 is 3.64. The minimum absolute atomic E-state index is 0.0339. The van der Waals surface area contributed by atoms with Crippen molar-refractivity contribution in [1.29, 1.82) is 0 Å². The van der Waals surface area contributed by atoms with E-state index in [1.165, 1.54) is 18.5 Å². The Hall–Kier alpha value is -0.970. The van der Waals surface area contributed by atoms with Crippen molar-refractivity contribution in [3.63, 3.8) is 0 Å². The van der Waals surface area contributed by atoms with Crippen molar-refractivity contribution < 1.29 is 4.79 Å². The molecule has 0 bridgehead atoms. The Kier molecular flexibility index (Phi) is 2.33. The SMILES string of the molecule is CC(=O)NCc1cnns1. The molecular formula is C5H7N3OS. The Morgan fingerprint density at radius 1 is 1.90 bits per heavy atom. The number of rotatable bonds is 2. The minimum atomic E-state index is -0.0339. The van der Waals surface area contributed by atoms with Gasteiger partial charge in [-0.05, 0) is 11.5 Å². The van der Waals surface area contributed by atoms with E-state index in [-0.39, 0.29) is 5.91 Å². The highest BCUT2D eigenvalue weighted by Crippen LogP contribution is 1.99. The largest absolute Gasteiger partial charge is 0.351 e. The molecule has 54 valence electrons. The predicted octanol–water partition coefficient (Wildman–Crippen LogP) is 0.174. The van der Waals surface area contributed by atoms with Gasteiger partial charge in [0.05, 0.1) is 17.6 Å². The Morgan fingerprint density at radius 2 is 2.70 bits per heavy atom. The van der Waals surface area contributed by atoms with E-state index in [1.807, 2.05) is 0 Å². The number of amides is 1. The Bertz CT molecular complexity index is 209. The molecule has 1 rings (SSSR count). The highest BCUT2D eigenvalue weighted by Gasteiger charge is 1.95. The molecule has 0 radical (unpaired) electrons. The molecule has 1 N–H and O–H groups in total. The summed E-state index contributed by atoms with van der Waals surface area (Å²) in [6.45, 7) is 2.02. The molecule has 1 aromatic heterocycles. The van der Waals surface area contributed by atoms with Gasteiger partial charge in [-0.2, -0.15) is 0 Å². The number of hydrogen-bond acceptors (Lipinski definition) is 4. The predicted molar refractivity (Wildman–Crippen MR) is 37.4 cm³/mol. The van der Waals surface area contributed by atoms with Crippen LogP contribution in [0.15, 0.2) is 6.20 Å². The first-order valence-electron chi connectivity index (χ1n) is 2.79. The smallest absolute Gasteiger partial charge is 0.217 e. The fourth-order valence-corrected chi connectivity index (χ4v) is 0.907. The van der Waals surface area contributed by atoms with Crippen LogP contribution < -0.4 is 5.32 Å². The molecule has 0 spiro atoms. The monoisotopic (exact) mass is 157 g/mol. The van der Waals surface area contributed by atoms with Crippen LogP contribution in [-0.4, -0.2) is 15.5 Å². The average Bonchev–Trinajstić information content (AvgIpc) is 2.34. The third-order valence-electron chi connectivity index (χ3n) is 0.919. The van der Waals surface area contributed by atoms with E-state index in [1.54, 1.807) is 6.20 Å². The van der Waals surface area contributed by atoms with Gasteiger partial charge in [-0.25, -0.2) is 0 Å². The first kappa shape index (κ1) is 7.14. The van der Waals surface area contributed by atoms with E-state index in [9.17, 15) is 4.79 Å². The maximum atomic E-state index is 10.4. The quantitative estimate of drug-likeness (QED) is 0.666. The summed E-state index contributed by atoms with van der Waals surface area (Å²) in [5.74, 6) is -0.0339. The van der Waals surface area contributed by atoms with Gasteiger partial charge < -0.3 is 5.32 Å². The summed E-state index contributed by atoms with van der Waals surface area (Å²) in [6.07, 6.45) is 1.64. The van der Waals surface area contributed by atoms with E-state index in [4.69, 9.17) is 0 Å². The number of nitrogens with zero attached hydrogens (tertiary/aromatic N) is 2. The highest BCUT2D eigenvalue weighted by molar-refractivity contribution is 7.05. The minimum Gasteiger partial charge on any atom is -0.351 e. The summed E-state index contributed by atoms with van der Waals surface area (Å²) in [5, 5.41) is 6.26. The van der Waals surface area contributed by atoms with Crippen LogP contribution in [0.2, 0.25) is 0 Å². The van der Waals surface area contributed by atoms with E-state index < -0.39 is 0 Å². The van der Waals surface area contributed by atoms with Gasteiger partial charge >= 0.3 is 0 Å². The highest BCUT2D eigenvalue weighted by atomic mass is 32.1. The summed E-state index contributed by atoms with van der Waals surface area (Å²) in [7, 11) is 0.